The minimum atomic E-state index is -0.612. The summed E-state index contributed by atoms with van der Waals surface area (Å²) >= 11 is 0. The predicted molar refractivity (Wildman–Crippen MR) is 56.5 cm³/mol. The Morgan fingerprint density at radius 1 is 1.53 bits per heavy atom. The van der Waals surface area contributed by atoms with Crippen molar-refractivity contribution in [3.8, 4) is 0 Å². The monoisotopic (exact) mass is 212 g/mol. The van der Waals surface area contributed by atoms with E-state index < -0.39 is 5.60 Å². The Balaban J connectivity index is 2.23. The number of carbonyl (C=O) groups excluding carboxylic acids is 1. The maximum Gasteiger partial charge on any atom is 0.341 e. The number of ether oxygens (including phenoxy) is 2. The first-order chi connectivity index (χ1) is 7.16. The Morgan fingerprint density at radius 2 is 2.27 bits per heavy atom. The van der Waals surface area contributed by atoms with Crippen LogP contribution in [-0.4, -0.2) is 24.3 Å². The van der Waals surface area contributed by atoms with Gasteiger partial charge in [0.15, 0.2) is 5.60 Å². The topological polar surface area (TPSA) is 38.8 Å². The smallest absolute Gasteiger partial charge is 0.341 e. The largest absolute Gasteiger partial charge is 0.467 e. The predicted octanol–water partition coefficient (Wildman–Crippen LogP) is 2.29. The molecule has 3 unspecified atom stereocenters. The summed E-state index contributed by atoms with van der Waals surface area (Å²) in [5, 5.41) is 0. The van der Waals surface area contributed by atoms with Crippen LogP contribution in [0, 0.1) is 5.92 Å². The van der Waals surface area contributed by atoms with E-state index in [0.29, 0.717) is 5.92 Å². The average molecular weight is 212 g/mol. The fourth-order valence-corrected chi connectivity index (χ4v) is 3.43. The molecule has 1 saturated carbocycles. The quantitative estimate of drug-likeness (QED) is 0.532. The van der Waals surface area contributed by atoms with Crippen molar-refractivity contribution >= 4 is 5.97 Å². The minimum absolute atomic E-state index is 0.176. The van der Waals surface area contributed by atoms with Crippen LogP contribution in [0.15, 0.2) is 0 Å². The Morgan fingerprint density at radius 3 is 2.80 bits per heavy atom. The molecule has 0 radical (unpaired) electrons. The van der Waals surface area contributed by atoms with Gasteiger partial charge in [0.05, 0.1) is 7.11 Å². The third kappa shape index (κ3) is 1.19. The zero-order chi connectivity index (χ0) is 11.1. The number of rotatable bonds is 3. The molecule has 2 fully saturated rings. The molecular formula is C12H20O3. The van der Waals surface area contributed by atoms with Gasteiger partial charge in [-0.15, -0.1) is 0 Å². The Labute approximate surface area is 91.1 Å². The van der Waals surface area contributed by atoms with Gasteiger partial charge in [0.1, 0.15) is 5.60 Å². The number of methoxy groups -OCH3 is 1. The summed E-state index contributed by atoms with van der Waals surface area (Å²) in [6.07, 6.45) is 5.22. The van der Waals surface area contributed by atoms with Crippen molar-refractivity contribution in [3.63, 3.8) is 0 Å². The van der Waals surface area contributed by atoms with E-state index in [2.05, 4.69) is 6.92 Å². The van der Waals surface area contributed by atoms with Crippen molar-refractivity contribution in [1.29, 1.82) is 0 Å². The van der Waals surface area contributed by atoms with Gasteiger partial charge < -0.3 is 9.47 Å². The molecular weight excluding hydrogens is 192 g/mol. The molecule has 1 spiro atoms. The molecule has 0 bridgehead atoms. The van der Waals surface area contributed by atoms with Crippen molar-refractivity contribution in [3.05, 3.63) is 0 Å². The molecule has 2 aliphatic rings. The summed E-state index contributed by atoms with van der Waals surface area (Å²) in [6, 6.07) is 0. The molecule has 86 valence electrons. The van der Waals surface area contributed by atoms with E-state index in [4.69, 9.17) is 9.47 Å². The first-order valence-electron chi connectivity index (χ1n) is 5.95. The molecule has 1 aliphatic carbocycles. The standard InChI is InChI=1S/C12H20O3/c1-4-9-7-6-8-12(9)11(5-2,15-12)10(13)14-3/h9H,4-8H2,1-3H3. The van der Waals surface area contributed by atoms with Crippen molar-refractivity contribution in [2.45, 2.75) is 57.2 Å². The second kappa shape index (κ2) is 3.48. The second-order valence-electron chi connectivity index (χ2n) is 4.66. The average Bonchev–Trinajstić information content (AvgIpc) is 2.74. The zero-order valence-electron chi connectivity index (χ0n) is 9.84. The summed E-state index contributed by atoms with van der Waals surface area (Å²) in [4.78, 5) is 11.8. The molecule has 1 heterocycles. The number of epoxide rings is 1. The van der Waals surface area contributed by atoms with Crippen LogP contribution in [0.1, 0.15) is 46.0 Å². The molecule has 0 aromatic carbocycles. The van der Waals surface area contributed by atoms with Gasteiger partial charge in [-0.1, -0.05) is 26.7 Å². The fourth-order valence-electron chi connectivity index (χ4n) is 3.43. The van der Waals surface area contributed by atoms with Crippen molar-refractivity contribution < 1.29 is 14.3 Å². The molecule has 3 nitrogen and oxygen atoms in total. The maximum atomic E-state index is 11.8. The van der Waals surface area contributed by atoms with E-state index in [1.54, 1.807) is 0 Å². The molecule has 3 atom stereocenters. The number of hydrogen-bond donors (Lipinski definition) is 0. The van der Waals surface area contributed by atoms with Crippen LogP contribution in [-0.2, 0) is 14.3 Å². The van der Waals surface area contributed by atoms with Gasteiger partial charge in [0.2, 0.25) is 0 Å². The first kappa shape index (κ1) is 10.9. The number of hydrogen-bond acceptors (Lipinski definition) is 3. The third-order valence-electron chi connectivity index (χ3n) is 4.26. The van der Waals surface area contributed by atoms with E-state index in [9.17, 15) is 4.79 Å². The van der Waals surface area contributed by atoms with Crippen LogP contribution in [0.3, 0.4) is 0 Å². The molecule has 0 amide bonds. The normalized spacial score (nSPS) is 43.3. The Kier molecular flexibility index (Phi) is 2.53. The van der Waals surface area contributed by atoms with Crippen LogP contribution in [0.4, 0.5) is 0 Å². The lowest BCUT2D eigenvalue weighted by Crippen LogP contribution is -2.36. The lowest BCUT2D eigenvalue weighted by atomic mass is 9.81. The van der Waals surface area contributed by atoms with E-state index in [0.717, 1.165) is 19.3 Å². The molecule has 1 saturated heterocycles. The number of esters is 1. The molecule has 2 rings (SSSR count). The van der Waals surface area contributed by atoms with Crippen molar-refractivity contribution in [1.82, 2.24) is 0 Å². The molecule has 1 aliphatic heterocycles. The van der Waals surface area contributed by atoms with Gasteiger partial charge in [-0.3, -0.25) is 0 Å². The summed E-state index contributed by atoms with van der Waals surface area (Å²) in [7, 11) is 1.45. The molecule has 15 heavy (non-hydrogen) atoms. The van der Waals surface area contributed by atoms with Crippen molar-refractivity contribution in [2.75, 3.05) is 7.11 Å². The highest BCUT2D eigenvalue weighted by molar-refractivity contribution is 5.85. The molecule has 0 N–H and O–H groups in total. The Bertz CT molecular complexity index is 276. The fraction of sp³-hybridized carbons (Fsp3) is 0.917. The maximum absolute atomic E-state index is 11.8. The SMILES string of the molecule is CCC1CCCC12OC2(CC)C(=O)OC. The third-order valence-corrected chi connectivity index (χ3v) is 4.26. The van der Waals surface area contributed by atoms with Crippen LogP contribution >= 0.6 is 0 Å². The highest BCUT2D eigenvalue weighted by Crippen LogP contribution is 2.63. The van der Waals surface area contributed by atoms with E-state index >= 15 is 0 Å². The van der Waals surface area contributed by atoms with Gasteiger partial charge in [-0.25, -0.2) is 4.79 Å². The minimum Gasteiger partial charge on any atom is -0.467 e. The summed E-state index contributed by atoms with van der Waals surface area (Å²) in [5.74, 6) is 0.363. The van der Waals surface area contributed by atoms with E-state index in [1.807, 2.05) is 6.92 Å². The van der Waals surface area contributed by atoms with Gasteiger partial charge in [-0.05, 0) is 25.2 Å². The molecule has 0 aromatic heterocycles. The van der Waals surface area contributed by atoms with Gasteiger partial charge in [-0.2, -0.15) is 0 Å². The highest BCUT2D eigenvalue weighted by atomic mass is 16.7. The van der Waals surface area contributed by atoms with E-state index in [1.165, 1.54) is 20.0 Å². The van der Waals surface area contributed by atoms with Gasteiger partial charge in [0.25, 0.3) is 0 Å². The molecule has 3 heteroatoms. The highest BCUT2D eigenvalue weighted by Gasteiger charge is 2.77. The van der Waals surface area contributed by atoms with Crippen LogP contribution in [0.2, 0.25) is 0 Å². The second-order valence-corrected chi connectivity index (χ2v) is 4.66. The number of carbonyl (C=O) groups is 1. The van der Waals surface area contributed by atoms with Crippen LogP contribution in [0.5, 0.6) is 0 Å². The Hall–Kier alpha value is -0.570. The lowest BCUT2D eigenvalue weighted by molar-refractivity contribution is -0.147. The van der Waals surface area contributed by atoms with Crippen molar-refractivity contribution in [2.24, 2.45) is 5.92 Å². The summed E-state index contributed by atoms with van der Waals surface area (Å²) in [6.45, 7) is 4.19. The summed E-state index contributed by atoms with van der Waals surface area (Å²) < 4.78 is 10.8. The molecule has 0 aromatic rings. The zero-order valence-corrected chi connectivity index (χ0v) is 9.84. The lowest BCUT2D eigenvalue weighted by Gasteiger charge is -2.18. The first-order valence-corrected chi connectivity index (χ1v) is 5.95. The van der Waals surface area contributed by atoms with Crippen LogP contribution in [0.25, 0.3) is 0 Å². The van der Waals surface area contributed by atoms with Gasteiger partial charge in [0, 0.05) is 0 Å². The van der Waals surface area contributed by atoms with Gasteiger partial charge >= 0.3 is 5.97 Å². The van der Waals surface area contributed by atoms with Crippen LogP contribution < -0.4 is 0 Å². The summed E-state index contributed by atoms with van der Waals surface area (Å²) in [5.41, 5.74) is -0.789. The van der Waals surface area contributed by atoms with E-state index in [-0.39, 0.29) is 11.6 Å².